The van der Waals surface area contributed by atoms with E-state index in [0.717, 1.165) is 0 Å². The van der Waals surface area contributed by atoms with Gasteiger partial charge in [-0.05, 0) is 35.4 Å². The predicted molar refractivity (Wildman–Crippen MR) is 102 cm³/mol. The van der Waals surface area contributed by atoms with Gasteiger partial charge in [0.25, 0.3) is 0 Å². The molecule has 0 N–H and O–H groups in total. The molecule has 0 atom stereocenters. The number of hydrogen-bond donors (Lipinski definition) is 0. The van der Waals surface area contributed by atoms with Gasteiger partial charge in [0.1, 0.15) is 0 Å². The van der Waals surface area contributed by atoms with Crippen molar-refractivity contribution in [2.75, 3.05) is 6.26 Å². The third kappa shape index (κ3) is 2.39. The molecule has 0 amide bonds. The van der Waals surface area contributed by atoms with Crippen LogP contribution in [0.3, 0.4) is 0 Å². The fraction of sp³-hybridized carbons (Fsp3) is 0.0526. The summed E-state index contributed by atoms with van der Waals surface area (Å²) in [5.74, 6) is 0. The van der Waals surface area contributed by atoms with Gasteiger partial charge in [0.15, 0.2) is 0 Å². The molecule has 0 spiro atoms. The molecule has 2 aromatic carbocycles. The normalized spacial score (nSPS) is 11.1. The van der Waals surface area contributed by atoms with Gasteiger partial charge >= 0.3 is 0 Å². The van der Waals surface area contributed by atoms with Crippen LogP contribution in [0.1, 0.15) is 0 Å². The zero-order chi connectivity index (χ0) is 14.9. The molecule has 0 bridgehead atoms. The first-order valence-corrected chi connectivity index (χ1v) is 9.99. The average Bonchev–Trinajstić information content (AvgIpc) is 3.22. The Morgan fingerprint density at radius 2 is 1.50 bits per heavy atom. The summed E-state index contributed by atoms with van der Waals surface area (Å²) in [6.07, 6.45) is 2.12. The van der Waals surface area contributed by atoms with E-state index >= 15 is 0 Å². The van der Waals surface area contributed by atoms with Crippen molar-refractivity contribution < 1.29 is 0 Å². The van der Waals surface area contributed by atoms with Gasteiger partial charge in [0.05, 0.1) is 4.88 Å². The molecule has 0 unspecified atom stereocenters. The van der Waals surface area contributed by atoms with E-state index in [0.29, 0.717) is 0 Å². The second-order valence-electron chi connectivity index (χ2n) is 5.01. The summed E-state index contributed by atoms with van der Waals surface area (Å²) in [6, 6.07) is 22.0. The third-order valence-corrected chi connectivity index (χ3v) is 6.78. The van der Waals surface area contributed by atoms with Gasteiger partial charge in [-0.1, -0.05) is 42.5 Å². The van der Waals surface area contributed by atoms with E-state index in [1.165, 1.54) is 35.9 Å². The van der Waals surface area contributed by atoms with Crippen LogP contribution in [0.5, 0.6) is 0 Å². The van der Waals surface area contributed by atoms with Crippen LogP contribution in [0.4, 0.5) is 0 Å². The molecule has 0 aliphatic heterocycles. The molecule has 3 heteroatoms. The fourth-order valence-corrected chi connectivity index (χ4v) is 5.20. The minimum atomic E-state index is 1.31. The molecule has 2 heterocycles. The first-order valence-electron chi connectivity index (χ1n) is 7.06. The number of fused-ring (bicyclic) bond motifs is 1. The van der Waals surface area contributed by atoms with Crippen molar-refractivity contribution in [2.24, 2.45) is 0 Å². The van der Waals surface area contributed by atoms with E-state index in [1.54, 1.807) is 11.8 Å². The summed E-state index contributed by atoms with van der Waals surface area (Å²) >= 11 is 5.50. The van der Waals surface area contributed by atoms with E-state index in [4.69, 9.17) is 0 Å². The maximum absolute atomic E-state index is 2.24. The Morgan fingerprint density at radius 1 is 0.773 bits per heavy atom. The number of benzene rings is 2. The van der Waals surface area contributed by atoms with Crippen LogP contribution in [0.25, 0.3) is 31.0 Å². The molecular formula is C19H14S3. The largest absolute Gasteiger partial charge is 0.143 e. The molecule has 0 nitrogen and oxygen atoms in total. The van der Waals surface area contributed by atoms with Crippen molar-refractivity contribution in [1.29, 1.82) is 0 Å². The molecule has 4 aromatic rings. The molecule has 22 heavy (non-hydrogen) atoms. The highest BCUT2D eigenvalue weighted by Gasteiger charge is 2.14. The van der Waals surface area contributed by atoms with Crippen LogP contribution in [0, 0.1) is 0 Å². The Bertz CT molecular complexity index is 900. The predicted octanol–water partition coefficient (Wildman–Crippen LogP) is 7.02. The van der Waals surface area contributed by atoms with Crippen molar-refractivity contribution in [1.82, 2.24) is 0 Å². The molecule has 108 valence electrons. The van der Waals surface area contributed by atoms with Gasteiger partial charge in [-0.15, -0.1) is 34.4 Å². The van der Waals surface area contributed by atoms with Gasteiger partial charge in [0.2, 0.25) is 0 Å². The second-order valence-corrected chi connectivity index (χ2v) is 7.86. The SMILES string of the molecule is CSc1ccc(-c2sc(-c3cccs3)c3ccccc23)cc1. The van der Waals surface area contributed by atoms with E-state index in [2.05, 4.69) is 72.3 Å². The van der Waals surface area contributed by atoms with Crippen LogP contribution in [-0.4, -0.2) is 6.26 Å². The Labute approximate surface area is 142 Å². The van der Waals surface area contributed by atoms with Crippen molar-refractivity contribution in [3.05, 3.63) is 66.0 Å². The summed E-state index contributed by atoms with van der Waals surface area (Å²) in [7, 11) is 0. The number of hydrogen-bond acceptors (Lipinski definition) is 3. The summed E-state index contributed by atoms with van der Waals surface area (Å²) in [6.45, 7) is 0. The molecule has 4 rings (SSSR count). The lowest BCUT2D eigenvalue weighted by Gasteiger charge is -2.01. The minimum Gasteiger partial charge on any atom is -0.143 e. The Morgan fingerprint density at radius 3 is 2.14 bits per heavy atom. The Kier molecular flexibility index (Phi) is 3.78. The molecule has 0 saturated carbocycles. The third-order valence-electron chi connectivity index (χ3n) is 3.72. The standard InChI is InChI=1S/C19H14S3/c1-20-14-10-8-13(9-11-14)18-15-5-2-3-6-16(15)19(22-18)17-7-4-12-21-17/h2-12H,1H3. The van der Waals surface area contributed by atoms with E-state index in [1.807, 2.05) is 22.7 Å². The maximum Gasteiger partial charge on any atom is 0.0527 e. The van der Waals surface area contributed by atoms with Crippen LogP contribution < -0.4 is 0 Å². The number of thiophene rings is 2. The molecule has 0 saturated heterocycles. The fourth-order valence-electron chi connectivity index (χ4n) is 2.64. The molecule has 2 aromatic heterocycles. The zero-order valence-electron chi connectivity index (χ0n) is 12.1. The van der Waals surface area contributed by atoms with Crippen LogP contribution in [0.15, 0.2) is 70.9 Å². The van der Waals surface area contributed by atoms with Gasteiger partial charge in [-0.25, -0.2) is 0 Å². The van der Waals surface area contributed by atoms with Crippen molar-refractivity contribution >= 4 is 45.2 Å². The topological polar surface area (TPSA) is 0 Å². The molecule has 0 aliphatic carbocycles. The van der Waals surface area contributed by atoms with Crippen LogP contribution >= 0.6 is 34.4 Å². The van der Waals surface area contributed by atoms with E-state index in [9.17, 15) is 0 Å². The van der Waals surface area contributed by atoms with Gasteiger partial charge in [-0.3, -0.25) is 0 Å². The quantitative estimate of drug-likeness (QED) is 0.362. The molecule has 0 aliphatic rings. The van der Waals surface area contributed by atoms with Crippen LogP contribution in [-0.2, 0) is 0 Å². The van der Waals surface area contributed by atoms with Crippen molar-refractivity contribution in [2.45, 2.75) is 4.90 Å². The summed E-state index contributed by atoms with van der Waals surface area (Å²) in [5, 5.41) is 4.86. The molecular weight excluding hydrogens is 324 g/mol. The van der Waals surface area contributed by atoms with Gasteiger partial charge in [-0.2, -0.15) is 0 Å². The highest BCUT2D eigenvalue weighted by Crippen LogP contribution is 2.45. The molecule has 0 radical (unpaired) electrons. The average molecular weight is 339 g/mol. The first-order chi connectivity index (χ1) is 10.9. The van der Waals surface area contributed by atoms with E-state index in [-0.39, 0.29) is 0 Å². The number of thioether (sulfide) groups is 1. The Balaban J connectivity index is 1.94. The van der Waals surface area contributed by atoms with Crippen molar-refractivity contribution in [3.63, 3.8) is 0 Å². The summed E-state index contributed by atoms with van der Waals surface area (Å²) in [4.78, 5) is 5.41. The smallest absolute Gasteiger partial charge is 0.0527 e. The monoisotopic (exact) mass is 338 g/mol. The van der Waals surface area contributed by atoms with Gasteiger partial charge in [0, 0.05) is 25.4 Å². The first kappa shape index (κ1) is 14.1. The molecule has 0 fully saturated rings. The van der Waals surface area contributed by atoms with Crippen LogP contribution in [0.2, 0.25) is 0 Å². The summed E-state index contributed by atoms with van der Waals surface area (Å²) in [5.41, 5.74) is 1.31. The van der Waals surface area contributed by atoms with E-state index < -0.39 is 0 Å². The highest BCUT2D eigenvalue weighted by molar-refractivity contribution is 7.98. The Hall–Kier alpha value is -1.55. The lowest BCUT2D eigenvalue weighted by atomic mass is 10.1. The van der Waals surface area contributed by atoms with Crippen molar-refractivity contribution in [3.8, 4) is 20.2 Å². The summed E-state index contributed by atoms with van der Waals surface area (Å²) < 4.78 is 0. The minimum absolute atomic E-state index is 1.31. The lowest BCUT2D eigenvalue weighted by Crippen LogP contribution is -1.74. The van der Waals surface area contributed by atoms with Gasteiger partial charge < -0.3 is 0 Å². The number of rotatable bonds is 3. The zero-order valence-corrected chi connectivity index (χ0v) is 14.5. The highest BCUT2D eigenvalue weighted by atomic mass is 32.2. The lowest BCUT2D eigenvalue weighted by molar-refractivity contribution is 1.47. The second kappa shape index (κ2) is 5.92. The maximum atomic E-state index is 2.24.